The molecule has 0 aliphatic carbocycles. The number of ether oxygens (including phenoxy) is 1. The van der Waals surface area contributed by atoms with Crippen LogP contribution in [0.4, 0.5) is 0 Å². The molecule has 0 fully saturated rings. The standard InChI is InChI=1S/C17H18ClNO4S/c1-12(13-7-9-15(18)10-8-13)23-17(20)14-5-4-6-16(11-14)24(21,22)19(2)3/h4-12H,1-3H3/t12-/m0/s1. The molecule has 24 heavy (non-hydrogen) atoms. The Morgan fingerprint density at radius 3 is 2.33 bits per heavy atom. The molecule has 0 heterocycles. The lowest BCUT2D eigenvalue weighted by Crippen LogP contribution is -2.22. The summed E-state index contributed by atoms with van der Waals surface area (Å²) in [5, 5.41) is 0.596. The van der Waals surface area contributed by atoms with Crippen LogP contribution in [-0.4, -0.2) is 32.8 Å². The van der Waals surface area contributed by atoms with Gasteiger partial charge in [0.05, 0.1) is 10.5 Å². The molecule has 0 spiro atoms. The van der Waals surface area contributed by atoms with E-state index in [1.54, 1.807) is 31.2 Å². The summed E-state index contributed by atoms with van der Waals surface area (Å²) in [6.07, 6.45) is -0.483. The Morgan fingerprint density at radius 2 is 1.75 bits per heavy atom. The van der Waals surface area contributed by atoms with Gasteiger partial charge in [-0.1, -0.05) is 29.8 Å². The highest BCUT2D eigenvalue weighted by Gasteiger charge is 2.20. The number of carbonyl (C=O) groups is 1. The van der Waals surface area contributed by atoms with Gasteiger partial charge in [-0.15, -0.1) is 0 Å². The molecule has 128 valence electrons. The van der Waals surface area contributed by atoms with E-state index < -0.39 is 22.1 Å². The van der Waals surface area contributed by atoms with Crippen LogP contribution in [0.5, 0.6) is 0 Å². The second-order valence-electron chi connectivity index (χ2n) is 5.41. The van der Waals surface area contributed by atoms with Crippen molar-refractivity contribution >= 4 is 27.6 Å². The summed E-state index contributed by atoms with van der Waals surface area (Å²) in [4.78, 5) is 12.3. The lowest BCUT2D eigenvalue weighted by atomic mass is 10.1. The second-order valence-corrected chi connectivity index (χ2v) is 8.00. The minimum Gasteiger partial charge on any atom is -0.454 e. The number of rotatable bonds is 5. The summed E-state index contributed by atoms with van der Waals surface area (Å²) < 4.78 is 30.8. The SMILES string of the molecule is C[C@H](OC(=O)c1cccc(S(=O)(=O)N(C)C)c1)c1ccc(Cl)cc1. The monoisotopic (exact) mass is 367 g/mol. The number of nitrogens with zero attached hydrogens (tertiary/aromatic N) is 1. The zero-order valence-electron chi connectivity index (χ0n) is 13.6. The number of hydrogen-bond acceptors (Lipinski definition) is 4. The molecular formula is C17H18ClNO4S. The van der Waals surface area contributed by atoms with Crippen molar-refractivity contribution in [2.45, 2.75) is 17.9 Å². The topological polar surface area (TPSA) is 63.7 Å². The van der Waals surface area contributed by atoms with Crippen LogP contribution in [0.25, 0.3) is 0 Å². The Kier molecular flexibility index (Phi) is 5.64. The van der Waals surface area contributed by atoms with Gasteiger partial charge in [0.15, 0.2) is 0 Å². The van der Waals surface area contributed by atoms with E-state index >= 15 is 0 Å². The van der Waals surface area contributed by atoms with Gasteiger partial charge in [0.1, 0.15) is 6.10 Å². The predicted octanol–water partition coefficient (Wildman–Crippen LogP) is 3.51. The number of carbonyl (C=O) groups excluding carboxylic acids is 1. The van der Waals surface area contributed by atoms with Gasteiger partial charge in [-0.05, 0) is 42.8 Å². The zero-order valence-corrected chi connectivity index (χ0v) is 15.1. The average molecular weight is 368 g/mol. The van der Waals surface area contributed by atoms with Crippen molar-refractivity contribution in [1.82, 2.24) is 4.31 Å². The molecule has 2 aromatic carbocycles. The third kappa shape index (κ3) is 4.14. The minimum atomic E-state index is -3.61. The summed E-state index contributed by atoms with van der Waals surface area (Å²) in [7, 11) is -0.740. The second kappa shape index (κ2) is 7.34. The molecule has 0 N–H and O–H groups in total. The van der Waals surface area contributed by atoms with Gasteiger partial charge in [0.2, 0.25) is 10.0 Å². The third-order valence-corrected chi connectivity index (χ3v) is 5.53. The summed E-state index contributed by atoms with van der Waals surface area (Å²) in [5.41, 5.74) is 0.976. The number of benzene rings is 2. The fraction of sp³-hybridized carbons (Fsp3) is 0.235. The Bertz CT molecular complexity index is 832. The van der Waals surface area contributed by atoms with Crippen LogP contribution in [0.2, 0.25) is 5.02 Å². The summed E-state index contributed by atoms with van der Waals surface area (Å²) in [6, 6.07) is 12.8. The van der Waals surface area contributed by atoms with Crippen LogP contribution in [0.1, 0.15) is 28.9 Å². The lowest BCUT2D eigenvalue weighted by molar-refractivity contribution is 0.0337. The molecule has 0 bridgehead atoms. The first-order chi connectivity index (χ1) is 11.2. The highest BCUT2D eigenvalue weighted by Crippen LogP contribution is 2.22. The zero-order chi connectivity index (χ0) is 17.9. The first-order valence-electron chi connectivity index (χ1n) is 7.21. The molecule has 2 rings (SSSR count). The molecule has 0 unspecified atom stereocenters. The predicted molar refractivity (Wildman–Crippen MR) is 92.6 cm³/mol. The Hall–Kier alpha value is -1.89. The smallest absolute Gasteiger partial charge is 0.338 e. The van der Waals surface area contributed by atoms with Crippen LogP contribution in [-0.2, 0) is 14.8 Å². The van der Waals surface area contributed by atoms with Gasteiger partial charge in [-0.25, -0.2) is 17.5 Å². The van der Waals surface area contributed by atoms with E-state index in [1.807, 2.05) is 0 Å². The van der Waals surface area contributed by atoms with Crippen molar-refractivity contribution in [3.63, 3.8) is 0 Å². The molecule has 0 amide bonds. The van der Waals surface area contributed by atoms with Crippen molar-refractivity contribution in [3.05, 3.63) is 64.7 Å². The molecule has 5 nitrogen and oxygen atoms in total. The van der Waals surface area contributed by atoms with Crippen LogP contribution in [0, 0.1) is 0 Å². The third-order valence-electron chi connectivity index (χ3n) is 3.47. The Balaban J connectivity index is 2.20. The molecule has 1 atom stereocenters. The maximum atomic E-state index is 12.3. The molecule has 0 aromatic heterocycles. The number of hydrogen-bond donors (Lipinski definition) is 0. The normalized spacial score (nSPS) is 12.9. The van der Waals surface area contributed by atoms with E-state index in [9.17, 15) is 13.2 Å². The Morgan fingerprint density at radius 1 is 1.12 bits per heavy atom. The highest BCUT2D eigenvalue weighted by atomic mass is 35.5. The van der Waals surface area contributed by atoms with Crippen molar-refractivity contribution in [3.8, 4) is 0 Å². The molecule has 7 heteroatoms. The van der Waals surface area contributed by atoms with Gasteiger partial charge >= 0.3 is 5.97 Å². The molecule has 2 aromatic rings. The largest absolute Gasteiger partial charge is 0.454 e. The first kappa shape index (κ1) is 18.4. The summed E-state index contributed by atoms with van der Waals surface area (Å²) in [6.45, 7) is 1.74. The van der Waals surface area contributed by atoms with Crippen LogP contribution in [0.15, 0.2) is 53.4 Å². The van der Waals surface area contributed by atoms with Gasteiger partial charge < -0.3 is 4.74 Å². The maximum Gasteiger partial charge on any atom is 0.338 e. The van der Waals surface area contributed by atoms with E-state index in [2.05, 4.69) is 0 Å². The number of sulfonamides is 1. The van der Waals surface area contributed by atoms with Crippen molar-refractivity contribution in [2.75, 3.05) is 14.1 Å². The maximum absolute atomic E-state index is 12.3. The first-order valence-corrected chi connectivity index (χ1v) is 9.02. The number of halogens is 1. The van der Waals surface area contributed by atoms with Crippen LogP contribution < -0.4 is 0 Å². The molecular weight excluding hydrogens is 350 g/mol. The van der Waals surface area contributed by atoms with E-state index in [0.29, 0.717) is 5.02 Å². The molecule has 0 saturated heterocycles. The Labute approximate surface area is 146 Å². The fourth-order valence-electron chi connectivity index (χ4n) is 2.02. The van der Waals surface area contributed by atoms with Gasteiger partial charge in [-0.3, -0.25) is 0 Å². The summed E-state index contributed by atoms with van der Waals surface area (Å²) >= 11 is 5.84. The van der Waals surface area contributed by atoms with E-state index in [4.69, 9.17) is 16.3 Å². The quantitative estimate of drug-likeness (QED) is 0.758. The van der Waals surface area contributed by atoms with Crippen LogP contribution in [0.3, 0.4) is 0 Å². The number of esters is 1. The lowest BCUT2D eigenvalue weighted by Gasteiger charge is -2.15. The highest BCUT2D eigenvalue weighted by molar-refractivity contribution is 7.89. The molecule has 0 aliphatic heterocycles. The molecule has 0 radical (unpaired) electrons. The van der Waals surface area contributed by atoms with Crippen molar-refractivity contribution in [2.24, 2.45) is 0 Å². The van der Waals surface area contributed by atoms with E-state index in [0.717, 1.165) is 9.87 Å². The molecule has 0 saturated carbocycles. The van der Waals surface area contributed by atoms with Crippen molar-refractivity contribution in [1.29, 1.82) is 0 Å². The minimum absolute atomic E-state index is 0.0427. The fourth-order valence-corrected chi connectivity index (χ4v) is 3.10. The average Bonchev–Trinajstić information content (AvgIpc) is 2.55. The van der Waals surface area contributed by atoms with Crippen LogP contribution >= 0.6 is 11.6 Å². The molecule has 0 aliphatic rings. The van der Waals surface area contributed by atoms with Gasteiger partial charge in [0, 0.05) is 19.1 Å². The van der Waals surface area contributed by atoms with Gasteiger partial charge in [0.25, 0.3) is 0 Å². The van der Waals surface area contributed by atoms with E-state index in [1.165, 1.54) is 38.4 Å². The van der Waals surface area contributed by atoms with E-state index in [-0.39, 0.29) is 10.5 Å². The summed E-state index contributed by atoms with van der Waals surface area (Å²) in [5.74, 6) is -0.590. The van der Waals surface area contributed by atoms with Crippen molar-refractivity contribution < 1.29 is 17.9 Å². The van der Waals surface area contributed by atoms with Gasteiger partial charge in [-0.2, -0.15) is 0 Å².